The molecule has 0 aromatic carbocycles. The number of aromatic nitrogens is 2. The van der Waals surface area contributed by atoms with Crippen molar-refractivity contribution < 1.29 is 8.42 Å². The third-order valence-corrected chi connectivity index (χ3v) is 7.96. The highest BCUT2D eigenvalue weighted by atomic mass is 32.2. The van der Waals surface area contributed by atoms with Crippen LogP contribution in [0.15, 0.2) is 33.3 Å². The average Bonchev–Trinajstić information content (AvgIpc) is 2.99. The number of nitrogens with one attached hydrogen (secondary N) is 2. The molecule has 1 saturated heterocycles. The Hall–Kier alpha value is -1.55. The van der Waals surface area contributed by atoms with Crippen molar-refractivity contribution >= 4 is 21.4 Å². The van der Waals surface area contributed by atoms with E-state index in [2.05, 4.69) is 26.7 Å². The van der Waals surface area contributed by atoms with Gasteiger partial charge < -0.3 is 4.90 Å². The Morgan fingerprint density at radius 3 is 2.59 bits per heavy atom. The minimum absolute atomic E-state index is 0.257. The van der Waals surface area contributed by atoms with Crippen LogP contribution in [-0.4, -0.2) is 49.2 Å². The van der Waals surface area contributed by atoms with Crippen LogP contribution in [0.5, 0.6) is 0 Å². The predicted octanol–water partition coefficient (Wildman–Crippen LogP) is 2.43. The third-order valence-electron chi connectivity index (χ3n) is 4.90. The number of likely N-dealkylation sites (tertiary alicyclic amines) is 1. The van der Waals surface area contributed by atoms with Crippen LogP contribution in [0.1, 0.15) is 39.0 Å². The summed E-state index contributed by atoms with van der Waals surface area (Å²) in [6, 6.07) is 6.61. The molecule has 0 spiro atoms. The molecule has 2 aromatic heterocycles. The van der Waals surface area contributed by atoms with Crippen LogP contribution in [0.25, 0.3) is 10.6 Å². The van der Waals surface area contributed by atoms with Crippen LogP contribution in [0.4, 0.5) is 0 Å². The van der Waals surface area contributed by atoms with E-state index in [0.717, 1.165) is 30.8 Å². The highest BCUT2D eigenvalue weighted by Crippen LogP contribution is 2.28. The maximum absolute atomic E-state index is 12.6. The van der Waals surface area contributed by atoms with Gasteiger partial charge in [0.05, 0.1) is 4.88 Å². The molecule has 0 bridgehead atoms. The van der Waals surface area contributed by atoms with E-state index in [4.69, 9.17) is 0 Å². The van der Waals surface area contributed by atoms with E-state index >= 15 is 0 Å². The van der Waals surface area contributed by atoms with Crippen molar-refractivity contribution in [2.75, 3.05) is 19.6 Å². The third kappa shape index (κ3) is 5.47. The summed E-state index contributed by atoms with van der Waals surface area (Å²) in [5, 5.41) is 6.30. The monoisotopic (exact) mass is 410 g/mol. The molecular weight excluding hydrogens is 384 g/mol. The molecule has 3 rings (SSSR count). The molecule has 1 aliphatic heterocycles. The van der Waals surface area contributed by atoms with Crippen molar-refractivity contribution in [2.24, 2.45) is 0 Å². The summed E-state index contributed by atoms with van der Waals surface area (Å²) in [5.74, 6) is 0. The minimum atomic E-state index is -3.54. The lowest BCUT2D eigenvalue weighted by atomic mass is 10.2. The second-order valence-electron chi connectivity index (χ2n) is 6.91. The normalized spacial score (nSPS) is 17.5. The maximum Gasteiger partial charge on any atom is 0.264 e. The molecule has 27 heavy (non-hydrogen) atoms. The van der Waals surface area contributed by atoms with E-state index in [1.165, 1.54) is 31.7 Å². The molecule has 0 saturated carbocycles. The van der Waals surface area contributed by atoms with Gasteiger partial charge in [-0.25, -0.2) is 18.2 Å². The fourth-order valence-corrected chi connectivity index (χ4v) is 5.64. The molecule has 1 aliphatic rings. The maximum atomic E-state index is 12.6. The first-order valence-electron chi connectivity index (χ1n) is 9.35. The SMILES string of the molecule is C[C@@H](CCNS(=O)(=O)c1ccc(-c2ccc(=O)[nH]n2)s1)N1CCCCCC1. The summed E-state index contributed by atoms with van der Waals surface area (Å²) in [6.07, 6.45) is 5.83. The fraction of sp³-hybridized carbons (Fsp3) is 0.556. The number of aromatic amines is 1. The summed E-state index contributed by atoms with van der Waals surface area (Å²) in [4.78, 5) is 14.3. The van der Waals surface area contributed by atoms with E-state index in [-0.39, 0.29) is 9.77 Å². The first-order valence-corrected chi connectivity index (χ1v) is 11.7. The lowest BCUT2D eigenvalue weighted by Gasteiger charge is -2.27. The van der Waals surface area contributed by atoms with Gasteiger partial charge in [-0.2, -0.15) is 5.10 Å². The molecule has 7 nitrogen and oxygen atoms in total. The summed E-state index contributed by atoms with van der Waals surface area (Å²) >= 11 is 1.14. The summed E-state index contributed by atoms with van der Waals surface area (Å²) in [5.41, 5.74) is 0.263. The van der Waals surface area contributed by atoms with Crippen LogP contribution in [0.3, 0.4) is 0 Å². The summed E-state index contributed by atoms with van der Waals surface area (Å²) < 4.78 is 28.1. The number of nitrogens with zero attached hydrogens (tertiary/aromatic N) is 2. The highest BCUT2D eigenvalue weighted by molar-refractivity contribution is 7.91. The number of hydrogen-bond acceptors (Lipinski definition) is 6. The largest absolute Gasteiger partial charge is 0.301 e. The molecular formula is C18H26N4O3S2. The van der Waals surface area contributed by atoms with Gasteiger partial charge in [0.25, 0.3) is 5.56 Å². The molecule has 0 radical (unpaired) electrons. The van der Waals surface area contributed by atoms with Gasteiger partial charge in [-0.1, -0.05) is 12.8 Å². The fourth-order valence-electron chi connectivity index (χ4n) is 3.28. The first-order chi connectivity index (χ1) is 13.0. The quantitative estimate of drug-likeness (QED) is 0.731. The Bertz CT molecular complexity index is 879. The molecule has 2 aromatic rings. The molecule has 0 aliphatic carbocycles. The van der Waals surface area contributed by atoms with Crippen molar-refractivity contribution in [1.82, 2.24) is 19.8 Å². The molecule has 148 valence electrons. The van der Waals surface area contributed by atoms with Gasteiger partial charge in [0, 0.05) is 18.7 Å². The second kappa shape index (κ2) is 9.09. The molecule has 2 N–H and O–H groups in total. The van der Waals surface area contributed by atoms with Gasteiger partial charge in [0.15, 0.2) is 0 Å². The first kappa shape index (κ1) is 20.2. The Morgan fingerprint density at radius 2 is 1.93 bits per heavy atom. The van der Waals surface area contributed by atoms with Gasteiger partial charge in [-0.15, -0.1) is 11.3 Å². The van der Waals surface area contributed by atoms with Crippen LogP contribution in [0, 0.1) is 0 Å². The number of rotatable bonds is 7. The van der Waals surface area contributed by atoms with Gasteiger partial charge in [-0.3, -0.25) is 4.79 Å². The standard InChI is InChI=1S/C18H26N4O3S2/c1-14(22-12-4-2-3-5-13-22)10-11-19-27(24,25)18-9-7-16(26-18)15-6-8-17(23)21-20-15/h6-9,14,19H,2-5,10-13H2,1H3,(H,21,23)/t14-/m0/s1. The zero-order valence-corrected chi connectivity index (χ0v) is 17.1. The predicted molar refractivity (Wildman–Crippen MR) is 107 cm³/mol. The van der Waals surface area contributed by atoms with Crippen molar-refractivity contribution in [1.29, 1.82) is 0 Å². The van der Waals surface area contributed by atoms with Crippen molar-refractivity contribution in [2.45, 2.75) is 49.3 Å². The Labute approximate surface area is 163 Å². The smallest absolute Gasteiger partial charge is 0.264 e. The van der Waals surface area contributed by atoms with E-state index in [0.29, 0.717) is 23.2 Å². The molecule has 1 atom stereocenters. The summed E-state index contributed by atoms with van der Waals surface area (Å²) in [6.45, 7) is 4.80. The molecule has 9 heteroatoms. The Morgan fingerprint density at radius 1 is 1.19 bits per heavy atom. The number of thiophene rings is 1. The van der Waals surface area contributed by atoms with Gasteiger partial charge >= 0.3 is 0 Å². The minimum Gasteiger partial charge on any atom is -0.301 e. The van der Waals surface area contributed by atoms with E-state index in [1.54, 1.807) is 18.2 Å². The van der Waals surface area contributed by atoms with Gasteiger partial charge in [0.1, 0.15) is 9.90 Å². The van der Waals surface area contributed by atoms with E-state index < -0.39 is 10.0 Å². The molecule has 0 amide bonds. The van der Waals surface area contributed by atoms with Crippen LogP contribution in [-0.2, 0) is 10.0 Å². The van der Waals surface area contributed by atoms with Crippen LogP contribution < -0.4 is 10.3 Å². The highest BCUT2D eigenvalue weighted by Gasteiger charge is 2.20. The number of H-pyrrole nitrogens is 1. The number of hydrogen-bond donors (Lipinski definition) is 2. The molecule has 3 heterocycles. The van der Waals surface area contributed by atoms with Gasteiger partial charge in [0.2, 0.25) is 10.0 Å². The Kier molecular flexibility index (Phi) is 6.80. The average molecular weight is 411 g/mol. The second-order valence-corrected chi connectivity index (χ2v) is 9.99. The van der Waals surface area contributed by atoms with Crippen molar-refractivity contribution in [3.8, 4) is 10.6 Å². The van der Waals surface area contributed by atoms with E-state index in [1.807, 2.05) is 0 Å². The Balaban J connectivity index is 1.57. The zero-order valence-electron chi connectivity index (χ0n) is 15.5. The van der Waals surface area contributed by atoms with Crippen LogP contribution in [0.2, 0.25) is 0 Å². The number of sulfonamides is 1. The molecule has 1 fully saturated rings. The van der Waals surface area contributed by atoms with Crippen molar-refractivity contribution in [3.63, 3.8) is 0 Å². The van der Waals surface area contributed by atoms with Crippen LogP contribution >= 0.6 is 11.3 Å². The topological polar surface area (TPSA) is 95.2 Å². The molecule has 0 unspecified atom stereocenters. The zero-order chi connectivity index (χ0) is 19.3. The van der Waals surface area contributed by atoms with Gasteiger partial charge in [-0.05, 0) is 57.5 Å². The lowest BCUT2D eigenvalue weighted by molar-refractivity contribution is 0.208. The summed E-state index contributed by atoms with van der Waals surface area (Å²) in [7, 11) is -3.54. The lowest BCUT2D eigenvalue weighted by Crippen LogP contribution is -2.37. The van der Waals surface area contributed by atoms with Crippen molar-refractivity contribution in [3.05, 3.63) is 34.6 Å². The van der Waals surface area contributed by atoms with E-state index in [9.17, 15) is 13.2 Å².